The van der Waals surface area contributed by atoms with E-state index in [1.165, 1.54) is 0 Å². The van der Waals surface area contributed by atoms with Gasteiger partial charge in [0.15, 0.2) is 0 Å². The largest absolute Gasteiger partial charge is 0.491 e. The minimum absolute atomic E-state index is 0.331. The Hall–Kier alpha value is -6.16. The summed E-state index contributed by atoms with van der Waals surface area (Å²) in [6.45, 7) is 22.3. The standard InChI is InChI=1S/C54H58O8/c1-6-27-55-31-35-59-46-21-23-48-43(39-46)17-25-50(61-37-33-57-29-8-3)52(48)54(5,45-19-15-42(16-20-45)41-13-11-10-12-14-41)53-49-24-22-47(60-36-32-56-28-7-2)40-44(49)18-26-51(53)62-38-34-58-30-9-4/h6-26,39-40H,1-4,27-38H2,5H3. The molecule has 0 aliphatic rings. The number of hydrogen-bond acceptors (Lipinski definition) is 8. The van der Waals surface area contributed by atoms with Crippen LogP contribution in [0.5, 0.6) is 23.0 Å². The van der Waals surface area contributed by atoms with Crippen LogP contribution in [0.1, 0.15) is 23.6 Å². The van der Waals surface area contributed by atoms with E-state index in [1.807, 2.05) is 30.3 Å². The highest BCUT2D eigenvalue weighted by Gasteiger charge is 2.40. The first-order chi connectivity index (χ1) is 30.5. The van der Waals surface area contributed by atoms with Crippen LogP contribution >= 0.6 is 0 Å². The van der Waals surface area contributed by atoms with Gasteiger partial charge < -0.3 is 37.9 Å². The minimum Gasteiger partial charge on any atom is -0.491 e. The van der Waals surface area contributed by atoms with Crippen LogP contribution in [0, 0.1) is 0 Å². The van der Waals surface area contributed by atoms with Gasteiger partial charge in [-0.15, -0.1) is 26.3 Å². The highest BCUT2D eigenvalue weighted by atomic mass is 16.5. The molecule has 0 radical (unpaired) electrons. The highest BCUT2D eigenvalue weighted by Crippen LogP contribution is 2.52. The zero-order valence-electron chi connectivity index (χ0n) is 35.9. The molecule has 0 saturated heterocycles. The number of fused-ring (bicyclic) bond motifs is 2. The maximum atomic E-state index is 6.75. The zero-order chi connectivity index (χ0) is 43.4. The molecule has 0 saturated carbocycles. The van der Waals surface area contributed by atoms with Gasteiger partial charge in [0.05, 0.1) is 58.3 Å². The SMILES string of the molecule is C=CCOCCOc1ccc2c(C(C)(c3ccc(-c4ccccc4)cc3)c3c(OCCOCC=C)ccc4cc(OCCOCC=C)ccc34)c(OCCOCC=C)ccc2c1. The number of hydrogen-bond donors (Lipinski definition) is 0. The molecule has 0 fully saturated rings. The monoisotopic (exact) mass is 834 g/mol. The van der Waals surface area contributed by atoms with Crippen molar-refractivity contribution in [2.45, 2.75) is 12.3 Å². The van der Waals surface area contributed by atoms with Crippen LogP contribution in [0.4, 0.5) is 0 Å². The van der Waals surface area contributed by atoms with E-state index in [-0.39, 0.29) is 0 Å². The molecule has 8 heteroatoms. The first-order valence-electron chi connectivity index (χ1n) is 21.1. The fourth-order valence-corrected chi connectivity index (χ4v) is 7.59. The van der Waals surface area contributed by atoms with E-state index in [0.29, 0.717) is 79.3 Å². The molecule has 62 heavy (non-hydrogen) atoms. The van der Waals surface area contributed by atoms with Gasteiger partial charge in [0.2, 0.25) is 0 Å². The van der Waals surface area contributed by atoms with E-state index < -0.39 is 5.41 Å². The van der Waals surface area contributed by atoms with Gasteiger partial charge >= 0.3 is 0 Å². The van der Waals surface area contributed by atoms with Gasteiger partial charge in [-0.3, -0.25) is 0 Å². The quantitative estimate of drug-likeness (QED) is 0.0275. The summed E-state index contributed by atoms with van der Waals surface area (Å²) in [5.74, 6) is 2.92. The van der Waals surface area contributed by atoms with Gasteiger partial charge in [-0.05, 0) is 81.6 Å². The fourth-order valence-electron chi connectivity index (χ4n) is 7.59. The van der Waals surface area contributed by atoms with Gasteiger partial charge in [-0.1, -0.05) is 103 Å². The molecule has 0 atom stereocenters. The fraction of sp³-hybridized carbons (Fsp3) is 0.259. The molecule has 6 aromatic rings. The molecular weight excluding hydrogens is 777 g/mol. The van der Waals surface area contributed by atoms with Crippen molar-refractivity contribution in [3.8, 4) is 34.1 Å². The van der Waals surface area contributed by atoms with Crippen LogP contribution < -0.4 is 18.9 Å². The van der Waals surface area contributed by atoms with Gasteiger partial charge in [0.25, 0.3) is 0 Å². The normalized spacial score (nSPS) is 11.3. The summed E-state index contributed by atoms with van der Waals surface area (Å²) in [6, 6.07) is 39.9. The molecule has 0 bridgehead atoms. The molecule has 0 aromatic heterocycles. The van der Waals surface area contributed by atoms with E-state index in [4.69, 9.17) is 37.9 Å². The van der Waals surface area contributed by atoms with Crippen molar-refractivity contribution in [2.24, 2.45) is 0 Å². The second-order valence-corrected chi connectivity index (χ2v) is 14.6. The summed E-state index contributed by atoms with van der Waals surface area (Å²) in [7, 11) is 0. The van der Waals surface area contributed by atoms with Gasteiger partial charge in [-0.25, -0.2) is 0 Å². The summed E-state index contributed by atoms with van der Waals surface area (Å²) in [5.41, 5.74) is 4.33. The maximum Gasteiger partial charge on any atom is 0.124 e. The third kappa shape index (κ3) is 11.6. The number of benzene rings is 6. The molecule has 8 nitrogen and oxygen atoms in total. The van der Waals surface area contributed by atoms with E-state index in [2.05, 4.69) is 118 Å². The molecule has 0 unspecified atom stereocenters. The van der Waals surface area contributed by atoms with Crippen LogP contribution in [0.2, 0.25) is 0 Å². The maximum absolute atomic E-state index is 6.75. The molecule has 0 aliphatic carbocycles. The first kappa shape index (κ1) is 45.4. The molecule has 0 aliphatic heterocycles. The van der Waals surface area contributed by atoms with Crippen LogP contribution in [0.15, 0.2) is 166 Å². The average molecular weight is 835 g/mol. The predicted molar refractivity (Wildman–Crippen MR) is 251 cm³/mol. The van der Waals surface area contributed by atoms with Crippen molar-refractivity contribution in [3.63, 3.8) is 0 Å². The Kier molecular flexibility index (Phi) is 17.4. The Bertz CT molecular complexity index is 2250. The van der Waals surface area contributed by atoms with Crippen molar-refractivity contribution in [1.29, 1.82) is 0 Å². The van der Waals surface area contributed by atoms with Crippen molar-refractivity contribution >= 4 is 21.5 Å². The third-order valence-electron chi connectivity index (χ3n) is 10.4. The van der Waals surface area contributed by atoms with E-state index in [1.54, 1.807) is 24.3 Å². The summed E-state index contributed by atoms with van der Waals surface area (Å²) in [4.78, 5) is 0. The van der Waals surface area contributed by atoms with Crippen LogP contribution in [0.3, 0.4) is 0 Å². The number of ether oxygens (including phenoxy) is 8. The Morgan fingerprint density at radius 2 is 0.823 bits per heavy atom. The predicted octanol–water partition coefficient (Wildman–Crippen LogP) is 11.3. The molecule has 0 heterocycles. The van der Waals surface area contributed by atoms with Gasteiger partial charge in [-0.2, -0.15) is 0 Å². The molecule has 0 spiro atoms. The summed E-state index contributed by atoms with van der Waals surface area (Å²) in [5, 5.41) is 3.97. The summed E-state index contributed by atoms with van der Waals surface area (Å²) in [6.07, 6.45) is 6.93. The Labute approximate surface area is 366 Å². The first-order valence-corrected chi connectivity index (χ1v) is 21.1. The second kappa shape index (κ2) is 23.7. The van der Waals surface area contributed by atoms with Crippen LogP contribution in [0.25, 0.3) is 32.7 Å². The molecule has 322 valence electrons. The van der Waals surface area contributed by atoms with Crippen molar-refractivity contribution in [2.75, 3.05) is 79.3 Å². The van der Waals surface area contributed by atoms with E-state index in [9.17, 15) is 0 Å². The van der Waals surface area contributed by atoms with Crippen LogP contribution in [-0.2, 0) is 24.4 Å². The van der Waals surface area contributed by atoms with E-state index >= 15 is 0 Å². The summed E-state index contributed by atoms with van der Waals surface area (Å²) >= 11 is 0. The van der Waals surface area contributed by atoms with Gasteiger partial charge in [0.1, 0.15) is 49.4 Å². The lowest BCUT2D eigenvalue weighted by Crippen LogP contribution is -2.28. The molecular formula is C54H58O8. The van der Waals surface area contributed by atoms with Gasteiger partial charge in [0, 0.05) is 11.1 Å². The zero-order valence-corrected chi connectivity index (χ0v) is 35.9. The highest BCUT2D eigenvalue weighted by molar-refractivity contribution is 5.96. The van der Waals surface area contributed by atoms with E-state index in [0.717, 1.165) is 72.4 Å². The topological polar surface area (TPSA) is 73.8 Å². The molecule has 0 N–H and O–H groups in total. The Balaban J connectivity index is 1.58. The third-order valence-corrected chi connectivity index (χ3v) is 10.4. The Morgan fingerprint density at radius 1 is 0.419 bits per heavy atom. The smallest absolute Gasteiger partial charge is 0.124 e. The lowest BCUT2D eigenvalue weighted by molar-refractivity contribution is 0.119. The molecule has 6 aromatic carbocycles. The second-order valence-electron chi connectivity index (χ2n) is 14.6. The molecule has 0 amide bonds. The van der Waals surface area contributed by atoms with Crippen LogP contribution in [-0.4, -0.2) is 79.3 Å². The summed E-state index contributed by atoms with van der Waals surface area (Å²) < 4.78 is 48.6. The van der Waals surface area contributed by atoms with Crippen molar-refractivity contribution < 1.29 is 37.9 Å². The number of rotatable bonds is 28. The van der Waals surface area contributed by atoms with Crippen molar-refractivity contribution in [1.82, 2.24) is 0 Å². The van der Waals surface area contributed by atoms with Crippen molar-refractivity contribution in [3.05, 3.63) is 183 Å². The molecule has 6 rings (SSSR count). The minimum atomic E-state index is -0.884. The Morgan fingerprint density at radius 3 is 1.24 bits per heavy atom. The average Bonchev–Trinajstić information content (AvgIpc) is 3.31. The lowest BCUT2D eigenvalue weighted by atomic mass is 9.67. The lowest BCUT2D eigenvalue weighted by Gasteiger charge is -2.36.